The van der Waals surface area contributed by atoms with Crippen LogP contribution in [-0.2, 0) is 6.54 Å². The van der Waals surface area contributed by atoms with E-state index in [9.17, 15) is 5.11 Å². The fraction of sp³-hybridized carbons (Fsp3) is 0.533. The maximum Gasteiger partial charge on any atom is 0.122 e. The Balaban J connectivity index is 1.75. The van der Waals surface area contributed by atoms with E-state index in [1.54, 1.807) is 0 Å². The molecule has 0 amide bonds. The summed E-state index contributed by atoms with van der Waals surface area (Å²) in [6.45, 7) is 0.906. The summed E-state index contributed by atoms with van der Waals surface area (Å²) in [4.78, 5) is 2.52. The highest BCUT2D eigenvalue weighted by Crippen LogP contribution is 2.36. The first-order valence-corrected chi connectivity index (χ1v) is 7.00. The molecular weight excluding hydrogens is 238 g/mol. The fourth-order valence-corrected chi connectivity index (χ4v) is 3.55. The quantitative estimate of drug-likeness (QED) is 0.568. The lowest BCUT2D eigenvalue weighted by Gasteiger charge is -2.37. The zero-order valence-electron chi connectivity index (χ0n) is 11.0. The van der Waals surface area contributed by atoms with Gasteiger partial charge in [0.05, 0.1) is 6.10 Å². The minimum absolute atomic E-state index is 0.114. The standard InChI is InChI=1S/C15H21N3O/c16-15(17)11-3-1-2-10(6-11)9-18-12-4-5-13(18)8-14(19)7-12/h1-3,6,12-14,19H,4-5,7-9H2,(H3,16,17). The van der Waals surface area contributed by atoms with Crippen molar-refractivity contribution >= 4 is 5.84 Å². The molecule has 2 heterocycles. The molecule has 0 spiro atoms. The molecule has 2 fully saturated rings. The molecule has 4 nitrogen and oxygen atoms in total. The van der Waals surface area contributed by atoms with E-state index in [1.807, 2.05) is 18.2 Å². The predicted octanol–water partition coefficient (Wildman–Crippen LogP) is 1.46. The number of nitrogens with one attached hydrogen (secondary N) is 1. The van der Waals surface area contributed by atoms with E-state index in [2.05, 4.69) is 11.0 Å². The Labute approximate surface area is 113 Å². The molecule has 1 aromatic rings. The zero-order valence-corrected chi connectivity index (χ0v) is 11.0. The smallest absolute Gasteiger partial charge is 0.122 e. The molecular formula is C15H21N3O. The van der Waals surface area contributed by atoms with E-state index < -0.39 is 0 Å². The highest BCUT2D eigenvalue weighted by Gasteiger charge is 2.39. The summed E-state index contributed by atoms with van der Waals surface area (Å²) < 4.78 is 0. The molecule has 0 radical (unpaired) electrons. The van der Waals surface area contributed by atoms with Gasteiger partial charge in [0.2, 0.25) is 0 Å². The van der Waals surface area contributed by atoms with Crippen LogP contribution >= 0.6 is 0 Å². The van der Waals surface area contributed by atoms with Crippen molar-refractivity contribution in [1.29, 1.82) is 5.41 Å². The molecule has 2 aliphatic heterocycles. The van der Waals surface area contributed by atoms with Crippen molar-refractivity contribution in [3.05, 3.63) is 35.4 Å². The first-order chi connectivity index (χ1) is 9.13. The van der Waals surface area contributed by atoms with Crippen LogP contribution in [0, 0.1) is 5.41 Å². The Kier molecular flexibility index (Phi) is 3.29. The number of hydrogen-bond acceptors (Lipinski definition) is 3. The average Bonchev–Trinajstić information content (AvgIpc) is 2.62. The van der Waals surface area contributed by atoms with Crippen molar-refractivity contribution in [1.82, 2.24) is 4.90 Å². The van der Waals surface area contributed by atoms with Gasteiger partial charge in [-0.2, -0.15) is 0 Å². The number of amidine groups is 1. The predicted molar refractivity (Wildman–Crippen MR) is 75.1 cm³/mol. The van der Waals surface area contributed by atoms with Crippen molar-refractivity contribution < 1.29 is 5.11 Å². The van der Waals surface area contributed by atoms with Crippen molar-refractivity contribution in [2.24, 2.45) is 5.73 Å². The van der Waals surface area contributed by atoms with E-state index in [0.717, 1.165) is 24.9 Å². The Morgan fingerprint density at radius 1 is 1.32 bits per heavy atom. The molecule has 2 saturated heterocycles. The Morgan fingerprint density at radius 2 is 2.00 bits per heavy atom. The molecule has 2 bridgehead atoms. The third-order valence-electron chi connectivity index (χ3n) is 4.46. The number of rotatable bonds is 3. The molecule has 2 unspecified atom stereocenters. The lowest BCUT2D eigenvalue weighted by Crippen LogP contribution is -2.44. The van der Waals surface area contributed by atoms with E-state index >= 15 is 0 Å². The topological polar surface area (TPSA) is 73.3 Å². The molecule has 19 heavy (non-hydrogen) atoms. The number of nitrogens with zero attached hydrogens (tertiary/aromatic N) is 1. The Hall–Kier alpha value is -1.39. The average molecular weight is 259 g/mol. The molecule has 0 aliphatic carbocycles. The van der Waals surface area contributed by atoms with Gasteiger partial charge in [-0.1, -0.05) is 18.2 Å². The summed E-state index contributed by atoms with van der Waals surface area (Å²) >= 11 is 0. The highest BCUT2D eigenvalue weighted by atomic mass is 16.3. The number of benzene rings is 1. The summed E-state index contributed by atoms with van der Waals surface area (Å²) in [5, 5.41) is 17.3. The van der Waals surface area contributed by atoms with Crippen molar-refractivity contribution in [2.75, 3.05) is 0 Å². The van der Waals surface area contributed by atoms with Gasteiger partial charge < -0.3 is 10.8 Å². The van der Waals surface area contributed by atoms with Gasteiger partial charge in [0, 0.05) is 24.2 Å². The van der Waals surface area contributed by atoms with E-state index in [-0.39, 0.29) is 11.9 Å². The molecule has 4 heteroatoms. The third kappa shape index (κ3) is 2.51. The van der Waals surface area contributed by atoms with Gasteiger partial charge in [-0.15, -0.1) is 0 Å². The lowest BCUT2D eigenvalue weighted by molar-refractivity contribution is 0.0310. The zero-order chi connectivity index (χ0) is 13.4. The monoisotopic (exact) mass is 259 g/mol. The van der Waals surface area contributed by atoms with Gasteiger partial charge in [-0.25, -0.2) is 0 Å². The van der Waals surface area contributed by atoms with Gasteiger partial charge >= 0.3 is 0 Å². The van der Waals surface area contributed by atoms with Crippen molar-refractivity contribution in [3.8, 4) is 0 Å². The van der Waals surface area contributed by atoms with E-state index in [0.29, 0.717) is 12.1 Å². The highest BCUT2D eigenvalue weighted by molar-refractivity contribution is 5.95. The lowest BCUT2D eigenvalue weighted by atomic mass is 9.98. The van der Waals surface area contributed by atoms with Crippen LogP contribution in [0.5, 0.6) is 0 Å². The number of aliphatic hydroxyl groups is 1. The fourth-order valence-electron chi connectivity index (χ4n) is 3.55. The molecule has 1 aromatic carbocycles. The summed E-state index contributed by atoms with van der Waals surface area (Å²) in [6.07, 6.45) is 4.10. The normalized spacial score (nSPS) is 30.5. The van der Waals surface area contributed by atoms with Gasteiger partial charge in [0.1, 0.15) is 5.84 Å². The SMILES string of the molecule is N=C(N)c1cccc(CN2C3CCC2CC(O)C3)c1. The number of hydrogen-bond donors (Lipinski definition) is 3. The minimum atomic E-state index is -0.114. The molecule has 2 atom stereocenters. The van der Waals surface area contributed by atoms with E-state index in [4.69, 9.17) is 11.1 Å². The summed E-state index contributed by atoms with van der Waals surface area (Å²) in [6, 6.07) is 8.99. The molecule has 102 valence electrons. The largest absolute Gasteiger partial charge is 0.393 e. The van der Waals surface area contributed by atoms with Crippen LogP contribution in [-0.4, -0.2) is 34.0 Å². The minimum Gasteiger partial charge on any atom is -0.393 e. The second kappa shape index (κ2) is 4.94. The number of fused-ring (bicyclic) bond motifs is 2. The van der Waals surface area contributed by atoms with Crippen LogP contribution in [0.3, 0.4) is 0 Å². The maximum absolute atomic E-state index is 9.82. The molecule has 3 rings (SSSR count). The molecule has 0 aromatic heterocycles. The number of piperidine rings is 1. The van der Waals surface area contributed by atoms with Crippen LogP contribution in [0.4, 0.5) is 0 Å². The van der Waals surface area contributed by atoms with Crippen LogP contribution in [0.25, 0.3) is 0 Å². The summed E-state index contributed by atoms with van der Waals surface area (Å²) in [5.74, 6) is 0.124. The van der Waals surface area contributed by atoms with Crippen LogP contribution in [0.1, 0.15) is 36.8 Å². The number of aliphatic hydroxyl groups excluding tert-OH is 1. The second-order valence-electron chi connectivity index (χ2n) is 5.80. The van der Waals surface area contributed by atoms with Crippen molar-refractivity contribution in [3.63, 3.8) is 0 Å². The third-order valence-corrected chi connectivity index (χ3v) is 4.46. The first kappa shape index (κ1) is 12.6. The van der Waals surface area contributed by atoms with Crippen molar-refractivity contribution in [2.45, 2.75) is 50.4 Å². The van der Waals surface area contributed by atoms with Gasteiger partial charge in [0.15, 0.2) is 0 Å². The van der Waals surface area contributed by atoms with Crippen LogP contribution < -0.4 is 5.73 Å². The molecule has 0 saturated carbocycles. The number of nitrogens with two attached hydrogens (primary N) is 1. The van der Waals surface area contributed by atoms with Crippen LogP contribution in [0.2, 0.25) is 0 Å². The summed E-state index contributed by atoms with van der Waals surface area (Å²) in [5.41, 5.74) is 7.54. The van der Waals surface area contributed by atoms with Gasteiger partial charge in [-0.3, -0.25) is 10.3 Å². The molecule has 2 aliphatic rings. The first-order valence-electron chi connectivity index (χ1n) is 7.00. The van der Waals surface area contributed by atoms with Gasteiger partial charge in [0.25, 0.3) is 0 Å². The maximum atomic E-state index is 9.82. The molecule has 4 N–H and O–H groups in total. The number of nitrogen functional groups attached to an aromatic ring is 1. The van der Waals surface area contributed by atoms with E-state index in [1.165, 1.54) is 18.4 Å². The second-order valence-corrected chi connectivity index (χ2v) is 5.80. The Morgan fingerprint density at radius 3 is 2.63 bits per heavy atom. The summed E-state index contributed by atoms with van der Waals surface area (Å²) in [7, 11) is 0. The van der Waals surface area contributed by atoms with Crippen LogP contribution in [0.15, 0.2) is 24.3 Å². The Bertz CT molecular complexity index is 474. The van der Waals surface area contributed by atoms with Gasteiger partial charge in [-0.05, 0) is 37.3 Å².